The number of nitrogens with zero attached hydrogens (tertiary/aromatic N) is 1. The number of imidazole rings is 1. The van der Waals surface area contributed by atoms with Crippen LogP contribution in [0.1, 0.15) is 32.4 Å². The Morgan fingerprint density at radius 3 is 2.92 bits per heavy atom. The Morgan fingerprint density at radius 2 is 2.38 bits per heavy atom. The van der Waals surface area contributed by atoms with Crippen molar-refractivity contribution in [1.29, 1.82) is 0 Å². The van der Waals surface area contributed by atoms with Crippen LogP contribution in [-0.4, -0.2) is 15.8 Å². The van der Waals surface area contributed by atoms with Gasteiger partial charge >= 0.3 is 0 Å². The predicted molar refractivity (Wildman–Crippen MR) is 51.4 cm³/mol. The third-order valence-electron chi connectivity index (χ3n) is 1.86. The maximum atomic E-state index is 11.3. The fraction of sp³-hybridized carbons (Fsp3) is 0.600. The molecular formula is C10H16N2O. The number of aromatic nitrogens is 2. The lowest BCUT2D eigenvalue weighted by atomic mass is 10.0. The molecule has 0 aromatic carbocycles. The predicted octanol–water partition coefficient (Wildman–Crippen LogP) is 1.96. The maximum Gasteiger partial charge on any atom is 0.133 e. The SMILES string of the molecule is CC(C)CC(=O)CCc1cnc[nH]1. The molecule has 0 aliphatic carbocycles. The van der Waals surface area contributed by atoms with Crippen molar-refractivity contribution in [2.75, 3.05) is 0 Å². The Hall–Kier alpha value is -1.12. The zero-order chi connectivity index (χ0) is 9.68. The molecule has 13 heavy (non-hydrogen) atoms. The number of nitrogens with one attached hydrogen (secondary N) is 1. The van der Waals surface area contributed by atoms with Gasteiger partial charge < -0.3 is 4.98 Å². The van der Waals surface area contributed by atoms with E-state index in [2.05, 4.69) is 23.8 Å². The molecule has 0 aliphatic heterocycles. The number of aryl methyl sites for hydroxylation is 1. The van der Waals surface area contributed by atoms with Gasteiger partial charge in [0.1, 0.15) is 5.78 Å². The summed E-state index contributed by atoms with van der Waals surface area (Å²) in [5, 5.41) is 0. The van der Waals surface area contributed by atoms with Crippen molar-refractivity contribution in [3.63, 3.8) is 0 Å². The number of H-pyrrole nitrogens is 1. The highest BCUT2D eigenvalue weighted by atomic mass is 16.1. The number of carbonyl (C=O) groups is 1. The summed E-state index contributed by atoms with van der Waals surface area (Å²) in [6.45, 7) is 4.13. The van der Waals surface area contributed by atoms with E-state index in [0.717, 1.165) is 12.1 Å². The molecule has 0 spiro atoms. The highest BCUT2D eigenvalue weighted by molar-refractivity contribution is 5.78. The van der Waals surface area contributed by atoms with Gasteiger partial charge in [0, 0.05) is 24.7 Å². The summed E-state index contributed by atoms with van der Waals surface area (Å²) in [6, 6.07) is 0. The number of rotatable bonds is 5. The highest BCUT2D eigenvalue weighted by Gasteiger charge is 2.05. The summed E-state index contributed by atoms with van der Waals surface area (Å²) in [6.07, 6.45) is 5.50. The summed E-state index contributed by atoms with van der Waals surface area (Å²) in [4.78, 5) is 18.2. The van der Waals surface area contributed by atoms with Crippen molar-refractivity contribution in [3.05, 3.63) is 18.2 Å². The van der Waals surface area contributed by atoms with Crippen LogP contribution in [0.5, 0.6) is 0 Å². The lowest BCUT2D eigenvalue weighted by Gasteiger charge is -2.02. The summed E-state index contributed by atoms with van der Waals surface area (Å²) in [5.74, 6) is 0.805. The topological polar surface area (TPSA) is 45.8 Å². The molecule has 0 saturated carbocycles. The van der Waals surface area contributed by atoms with Crippen molar-refractivity contribution < 1.29 is 4.79 Å². The first-order chi connectivity index (χ1) is 6.18. The molecule has 0 atom stereocenters. The van der Waals surface area contributed by atoms with E-state index in [9.17, 15) is 4.79 Å². The van der Waals surface area contributed by atoms with E-state index in [4.69, 9.17) is 0 Å². The van der Waals surface area contributed by atoms with Gasteiger partial charge in [-0.1, -0.05) is 13.8 Å². The van der Waals surface area contributed by atoms with Crippen LogP contribution in [0.25, 0.3) is 0 Å². The Balaban J connectivity index is 2.23. The number of hydrogen-bond donors (Lipinski definition) is 1. The van der Waals surface area contributed by atoms with Gasteiger partial charge in [0.25, 0.3) is 0 Å². The molecule has 1 rings (SSSR count). The Bertz CT molecular complexity index is 252. The molecule has 3 heteroatoms. The van der Waals surface area contributed by atoms with Crippen LogP contribution in [0.15, 0.2) is 12.5 Å². The van der Waals surface area contributed by atoms with E-state index in [1.54, 1.807) is 12.5 Å². The number of carbonyl (C=O) groups excluding carboxylic acids is 1. The van der Waals surface area contributed by atoms with Gasteiger partial charge in [0.05, 0.1) is 6.33 Å². The van der Waals surface area contributed by atoms with E-state index in [0.29, 0.717) is 24.5 Å². The van der Waals surface area contributed by atoms with E-state index in [1.165, 1.54) is 0 Å². The standard InChI is InChI=1S/C10H16N2O/c1-8(2)5-10(13)4-3-9-6-11-7-12-9/h6-8H,3-5H2,1-2H3,(H,11,12). The van der Waals surface area contributed by atoms with Gasteiger partial charge in [-0.3, -0.25) is 4.79 Å². The Labute approximate surface area is 78.6 Å². The third-order valence-corrected chi connectivity index (χ3v) is 1.86. The van der Waals surface area contributed by atoms with Crippen molar-refractivity contribution in [2.45, 2.75) is 33.1 Å². The van der Waals surface area contributed by atoms with Crippen molar-refractivity contribution >= 4 is 5.78 Å². The monoisotopic (exact) mass is 180 g/mol. The average Bonchev–Trinajstić information content (AvgIpc) is 2.51. The Morgan fingerprint density at radius 1 is 1.62 bits per heavy atom. The van der Waals surface area contributed by atoms with Gasteiger partial charge in [-0.25, -0.2) is 4.98 Å². The first-order valence-electron chi connectivity index (χ1n) is 4.67. The van der Waals surface area contributed by atoms with Crippen LogP contribution in [0.2, 0.25) is 0 Å². The van der Waals surface area contributed by atoms with Gasteiger partial charge in [-0.05, 0) is 12.3 Å². The number of aromatic amines is 1. The largest absolute Gasteiger partial charge is 0.348 e. The second-order valence-electron chi connectivity index (χ2n) is 3.71. The van der Waals surface area contributed by atoms with Gasteiger partial charge in [0.15, 0.2) is 0 Å². The molecule has 1 N–H and O–H groups in total. The summed E-state index contributed by atoms with van der Waals surface area (Å²) in [5.41, 5.74) is 1.04. The quantitative estimate of drug-likeness (QED) is 0.752. The van der Waals surface area contributed by atoms with Crippen molar-refractivity contribution in [3.8, 4) is 0 Å². The lowest BCUT2D eigenvalue weighted by Crippen LogP contribution is -2.04. The molecule has 0 unspecified atom stereocenters. The first kappa shape index (κ1) is 9.96. The second-order valence-corrected chi connectivity index (χ2v) is 3.71. The summed E-state index contributed by atoms with van der Waals surface area (Å²) >= 11 is 0. The normalized spacial score (nSPS) is 10.7. The van der Waals surface area contributed by atoms with Gasteiger partial charge in [0.2, 0.25) is 0 Å². The molecule has 1 heterocycles. The van der Waals surface area contributed by atoms with Crippen molar-refractivity contribution in [1.82, 2.24) is 9.97 Å². The minimum absolute atomic E-state index is 0.338. The molecule has 0 saturated heterocycles. The molecule has 1 aromatic rings. The fourth-order valence-electron chi connectivity index (χ4n) is 1.25. The number of Topliss-reactive ketones (excluding diaryl/α,β-unsaturated/α-hetero) is 1. The van der Waals surface area contributed by atoms with E-state index in [1.807, 2.05) is 0 Å². The van der Waals surface area contributed by atoms with Crippen LogP contribution in [0.4, 0.5) is 0 Å². The minimum Gasteiger partial charge on any atom is -0.348 e. The summed E-state index contributed by atoms with van der Waals surface area (Å²) < 4.78 is 0. The lowest BCUT2D eigenvalue weighted by molar-refractivity contribution is -0.119. The van der Waals surface area contributed by atoms with Crippen LogP contribution < -0.4 is 0 Å². The van der Waals surface area contributed by atoms with E-state index >= 15 is 0 Å². The minimum atomic E-state index is 0.338. The first-order valence-corrected chi connectivity index (χ1v) is 4.67. The van der Waals surface area contributed by atoms with Crippen LogP contribution >= 0.6 is 0 Å². The fourth-order valence-corrected chi connectivity index (χ4v) is 1.25. The molecule has 0 fully saturated rings. The second kappa shape index (κ2) is 4.80. The molecule has 3 nitrogen and oxygen atoms in total. The van der Waals surface area contributed by atoms with Crippen LogP contribution in [0, 0.1) is 5.92 Å². The van der Waals surface area contributed by atoms with Crippen LogP contribution in [-0.2, 0) is 11.2 Å². The summed E-state index contributed by atoms with van der Waals surface area (Å²) in [7, 11) is 0. The highest BCUT2D eigenvalue weighted by Crippen LogP contribution is 2.05. The zero-order valence-corrected chi connectivity index (χ0v) is 8.21. The Kier molecular flexibility index (Phi) is 3.68. The van der Waals surface area contributed by atoms with E-state index < -0.39 is 0 Å². The van der Waals surface area contributed by atoms with Crippen LogP contribution in [0.3, 0.4) is 0 Å². The molecule has 0 aliphatic rings. The number of hydrogen-bond acceptors (Lipinski definition) is 2. The molecule has 0 amide bonds. The maximum absolute atomic E-state index is 11.3. The average molecular weight is 180 g/mol. The molecule has 72 valence electrons. The van der Waals surface area contributed by atoms with Crippen molar-refractivity contribution in [2.24, 2.45) is 5.92 Å². The molecular weight excluding hydrogens is 164 g/mol. The molecule has 0 radical (unpaired) electrons. The molecule has 0 bridgehead atoms. The smallest absolute Gasteiger partial charge is 0.133 e. The molecule has 1 aromatic heterocycles. The third kappa shape index (κ3) is 3.87. The van der Waals surface area contributed by atoms with E-state index in [-0.39, 0.29) is 0 Å². The zero-order valence-electron chi connectivity index (χ0n) is 8.21. The van der Waals surface area contributed by atoms with Gasteiger partial charge in [-0.15, -0.1) is 0 Å². The van der Waals surface area contributed by atoms with Gasteiger partial charge in [-0.2, -0.15) is 0 Å². The number of ketones is 1.